The Balaban J connectivity index is 2.23. The lowest BCUT2D eigenvalue weighted by Crippen LogP contribution is -2.16. The van der Waals surface area contributed by atoms with Gasteiger partial charge in [0.15, 0.2) is 0 Å². The van der Waals surface area contributed by atoms with Gasteiger partial charge in [-0.2, -0.15) is 0 Å². The zero-order valence-corrected chi connectivity index (χ0v) is 11.9. The van der Waals surface area contributed by atoms with Crippen molar-refractivity contribution in [3.63, 3.8) is 0 Å². The van der Waals surface area contributed by atoms with Gasteiger partial charge in [0, 0.05) is 0 Å². The molecule has 0 saturated heterocycles. The molecule has 2 aromatic carbocycles. The van der Waals surface area contributed by atoms with Crippen LogP contribution in [0.5, 0.6) is 0 Å². The molecule has 2 aromatic rings. The summed E-state index contributed by atoms with van der Waals surface area (Å²) in [6.45, 7) is 3.79. The summed E-state index contributed by atoms with van der Waals surface area (Å²) in [7, 11) is -3.38. The Morgan fingerprint density at radius 1 is 0.895 bits per heavy atom. The highest BCUT2D eigenvalue weighted by Crippen LogP contribution is 2.21. The zero-order valence-electron chi connectivity index (χ0n) is 11.1. The van der Waals surface area contributed by atoms with Gasteiger partial charge in [0.2, 0.25) is 10.0 Å². The Kier molecular flexibility index (Phi) is 3.90. The summed E-state index contributed by atoms with van der Waals surface area (Å²) < 4.78 is 27.0. The lowest BCUT2D eigenvalue weighted by atomic mass is 10.1. The molecule has 0 saturated carbocycles. The van der Waals surface area contributed by atoms with Gasteiger partial charge in [0.05, 0.1) is 11.4 Å². The van der Waals surface area contributed by atoms with E-state index in [4.69, 9.17) is 0 Å². The minimum absolute atomic E-state index is 0.0123. The van der Waals surface area contributed by atoms with Crippen molar-refractivity contribution in [2.75, 3.05) is 4.72 Å². The molecule has 19 heavy (non-hydrogen) atoms. The molecule has 0 aliphatic carbocycles. The van der Waals surface area contributed by atoms with Crippen molar-refractivity contribution in [3.05, 3.63) is 65.2 Å². The minimum Gasteiger partial charge on any atom is -0.283 e. The van der Waals surface area contributed by atoms with E-state index in [1.807, 2.05) is 62.4 Å². The van der Waals surface area contributed by atoms with Crippen LogP contribution in [-0.2, 0) is 15.8 Å². The molecule has 1 N–H and O–H groups in total. The molecule has 0 bridgehead atoms. The van der Waals surface area contributed by atoms with Gasteiger partial charge in [-0.05, 0) is 30.5 Å². The van der Waals surface area contributed by atoms with E-state index >= 15 is 0 Å². The molecule has 0 unspecified atom stereocenters. The van der Waals surface area contributed by atoms with Gasteiger partial charge in [-0.25, -0.2) is 8.42 Å². The first-order valence-corrected chi connectivity index (χ1v) is 7.74. The van der Waals surface area contributed by atoms with E-state index in [2.05, 4.69) is 4.72 Å². The van der Waals surface area contributed by atoms with E-state index in [1.165, 1.54) is 0 Å². The second-order valence-electron chi connectivity index (χ2n) is 4.61. The summed E-state index contributed by atoms with van der Waals surface area (Å²) in [5.41, 5.74) is 3.31. The Morgan fingerprint density at radius 2 is 1.47 bits per heavy atom. The van der Waals surface area contributed by atoms with Crippen LogP contribution in [-0.4, -0.2) is 8.42 Å². The average Bonchev–Trinajstić information content (AvgIpc) is 2.35. The average molecular weight is 275 g/mol. The monoisotopic (exact) mass is 275 g/mol. The highest BCUT2D eigenvalue weighted by atomic mass is 32.2. The van der Waals surface area contributed by atoms with Crippen molar-refractivity contribution in [3.8, 4) is 0 Å². The van der Waals surface area contributed by atoms with Crippen molar-refractivity contribution in [2.45, 2.75) is 19.6 Å². The van der Waals surface area contributed by atoms with Crippen molar-refractivity contribution >= 4 is 15.7 Å². The van der Waals surface area contributed by atoms with E-state index in [-0.39, 0.29) is 5.75 Å². The normalized spacial score (nSPS) is 11.3. The van der Waals surface area contributed by atoms with Crippen LogP contribution < -0.4 is 4.72 Å². The number of sulfonamides is 1. The molecule has 4 heteroatoms. The van der Waals surface area contributed by atoms with E-state index < -0.39 is 10.0 Å². The molecular weight excluding hydrogens is 258 g/mol. The van der Waals surface area contributed by atoms with Gasteiger partial charge in [-0.15, -0.1) is 0 Å². The SMILES string of the molecule is Cc1cccc(C)c1NS(=O)(=O)Cc1ccccc1. The predicted molar refractivity (Wildman–Crippen MR) is 78.6 cm³/mol. The van der Waals surface area contributed by atoms with Crippen molar-refractivity contribution < 1.29 is 8.42 Å². The molecule has 2 rings (SSSR count). The predicted octanol–water partition coefficient (Wildman–Crippen LogP) is 3.25. The molecule has 0 fully saturated rings. The van der Waals surface area contributed by atoms with Crippen LogP contribution in [0, 0.1) is 13.8 Å². The first kappa shape index (κ1) is 13.6. The second-order valence-corrected chi connectivity index (χ2v) is 6.34. The third-order valence-electron chi connectivity index (χ3n) is 2.94. The summed E-state index contributed by atoms with van der Waals surface area (Å²) in [5.74, 6) is -0.0123. The van der Waals surface area contributed by atoms with Gasteiger partial charge in [0.1, 0.15) is 0 Å². The van der Waals surface area contributed by atoms with Gasteiger partial charge < -0.3 is 0 Å². The van der Waals surface area contributed by atoms with Crippen LogP contribution >= 0.6 is 0 Å². The summed E-state index contributed by atoms with van der Waals surface area (Å²) in [5, 5.41) is 0. The van der Waals surface area contributed by atoms with Crippen LogP contribution in [0.25, 0.3) is 0 Å². The molecule has 0 heterocycles. The maximum atomic E-state index is 12.2. The van der Waals surface area contributed by atoms with Crippen LogP contribution in [0.4, 0.5) is 5.69 Å². The van der Waals surface area contributed by atoms with Crippen molar-refractivity contribution in [1.82, 2.24) is 0 Å². The lowest BCUT2D eigenvalue weighted by Gasteiger charge is -2.13. The minimum atomic E-state index is -3.38. The van der Waals surface area contributed by atoms with E-state index in [9.17, 15) is 8.42 Å². The number of benzene rings is 2. The molecular formula is C15H17NO2S. The van der Waals surface area contributed by atoms with Gasteiger partial charge >= 0.3 is 0 Å². The number of para-hydroxylation sites is 1. The fourth-order valence-corrected chi connectivity index (χ4v) is 3.30. The summed E-state index contributed by atoms with van der Waals surface area (Å²) in [6, 6.07) is 14.9. The maximum Gasteiger partial charge on any atom is 0.236 e. The van der Waals surface area contributed by atoms with Gasteiger partial charge in [-0.1, -0.05) is 48.5 Å². The molecule has 0 aliphatic rings. The number of nitrogens with one attached hydrogen (secondary N) is 1. The lowest BCUT2D eigenvalue weighted by molar-refractivity contribution is 0.600. The highest BCUT2D eigenvalue weighted by molar-refractivity contribution is 7.91. The summed E-state index contributed by atoms with van der Waals surface area (Å²) in [4.78, 5) is 0. The molecule has 0 atom stereocenters. The number of hydrogen-bond acceptors (Lipinski definition) is 2. The first-order valence-electron chi connectivity index (χ1n) is 6.08. The van der Waals surface area contributed by atoms with Crippen LogP contribution in [0.2, 0.25) is 0 Å². The molecule has 100 valence electrons. The van der Waals surface area contributed by atoms with E-state index in [1.54, 1.807) is 0 Å². The molecule has 0 radical (unpaired) electrons. The standard InChI is InChI=1S/C15H17NO2S/c1-12-7-6-8-13(2)15(12)16-19(17,18)11-14-9-4-3-5-10-14/h3-10,16H,11H2,1-2H3. The van der Waals surface area contributed by atoms with Crippen molar-refractivity contribution in [1.29, 1.82) is 0 Å². The maximum absolute atomic E-state index is 12.2. The third kappa shape index (κ3) is 3.58. The number of rotatable bonds is 4. The number of aryl methyl sites for hydroxylation is 2. The Labute approximate surface area is 114 Å². The molecule has 0 aliphatic heterocycles. The summed E-state index contributed by atoms with van der Waals surface area (Å²) >= 11 is 0. The largest absolute Gasteiger partial charge is 0.283 e. The van der Waals surface area contributed by atoms with Gasteiger partial charge in [-0.3, -0.25) is 4.72 Å². The van der Waals surface area contributed by atoms with E-state index in [0.717, 1.165) is 16.7 Å². The fraction of sp³-hybridized carbons (Fsp3) is 0.200. The van der Waals surface area contributed by atoms with E-state index in [0.29, 0.717) is 5.69 Å². The molecule has 3 nitrogen and oxygen atoms in total. The second kappa shape index (κ2) is 5.45. The Hall–Kier alpha value is -1.81. The number of anilines is 1. The molecule has 0 aromatic heterocycles. The third-order valence-corrected chi connectivity index (χ3v) is 4.17. The number of hydrogen-bond donors (Lipinski definition) is 1. The molecule has 0 spiro atoms. The summed E-state index contributed by atoms with van der Waals surface area (Å²) in [6.07, 6.45) is 0. The Morgan fingerprint density at radius 3 is 2.05 bits per heavy atom. The van der Waals surface area contributed by atoms with Gasteiger partial charge in [0.25, 0.3) is 0 Å². The quantitative estimate of drug-likeness (QED) is 0.931. The topological polar surface area (TPSA) is 46.2 Å². The van der Waals surface area contributed by atoms with Crippen LogP contribution in [0.3, 0.4) is 0 Å². The Bertz CT molecular complexity index is 644. The van der Waals surface area contributed by atoms with Crippen LogP contribution in [0.1, 0.15) is 16.7 Å². The fourth-order valence-electron chi connectivity index (χ4n) is 1.96. The smallest absolute Gasteiger partial charge is 0.236 e. The first-order chi connectivity index (χ1) is 8.98. The van der Waals surface area contributed by atoms with Crippen LogP contribution in [0.15, 0.2) is 48.5 Å². The zero-order chi connectivity index (χ0) is 13.9. The van der Waals surface area contributed by atoms with Crippen molar-refractivity contribution in [2.24, 2.45) is 0 Å². The highest BCUT2D eigenvalue weighted by Gasteiger charge is 2.14. The molecule has 0 amide bonds.